The Morgan fingerprint density at radius 1 is 1.58 bits per heavy atom. The van der Waals surface area contributed by atoms with E-state index in [1.165, 1.54) is 12.1 Å². The molecule has 0 saturated heterocycles. The van der Waals surface area contributed by atoms with Gasteiger partial charge in [-0.2, -0.15) is 17.0 Å². The van der Waals surface area contributed by atoms with E-state index in [0.29, 0.717) is 11.6 Å². The van der Waals surface area contributed by atoms with Crippen LogP contribution in [0.3, 0.4) is 0 Å². The maximum absolute atomic E-state index is 10.7. The number of nitro benzene ring substituents is 1. The van der Waals surface area contributed by atoms with E-state index in [2.05, 4.69) is 6.92 Å². The van der Waals surface area contributed by atoms with Gasteiger partial charge in [0.2, 0.25) is 0 Å². The smallest absolute Gasteiger partial charge is 0.270 e. The Labute approximate surface area is 117 Å². The van der Waals surface area contributed by atoms with Crippen LogP contribution in [-0.2, 0) is 0 Å². The summed E-state index contributed by atoms with van der Waals surface area (Å²) in [4.78, 5) is 12.3. The van der Waals surface area contributed by atoms with Crippen LogP contribution in [0, 0.1) is 21.4 Å². The van der Waals surface area contributed by atoms with Crippen LogP contribution >= 0.6 is 11.8 Å². The van der Waals surface area contributed by atoms with Crippen molar-refractivity contribution in [2.24, 2.45) is 0 Å². The van der Waals surface area contributed by atoms with Crippen molar-refractivity contribution in [2.45, 2.75) is 19.4 Å². The lowest BCUT2D eigenvalue weighted by atomic mass is 10.1. The largest absolute Gasteiger partial charge is 0.370 e. The number of hydrogen-bond donors (Lipinski definition) is 0. The second-order valence-corrected chi connectivity index (χ2v) is 5.11. The molecule has 1 aromatic carbocycles. The van der Waals surface area contributed by atoms with Crippen molar-refractivity contribution in [3.8, 4) is 6.07 Å². The van der Waals surface area contributed by atoms with Crippen LogP contribution in [0.2, 0.25) is 0 Å². The second-order valence-electron chi connectivity index (χ2n) is 4.20. The Bertz CT molecular complexity index is 499. The average Bonchev–Trinajstić information content (AvgIpc) is 2.43. The van der Waals surface area contributed by atoms with Gasteiger partial charge in [-0.25, -0.2) is 0 Å². The first kappa shape index (κ1) is 15.3. The quantitative estimate of drug-likeness (QED) is 0.591. The molecule has 0 aliphatic rings. The number of benzene rings is 1. The maximum Gasteiger partial charge on any atom is 0.270 e. The zero-order valence-corrected chi connectivity index (χ0v) is 12.1. The van der Waals surface area contributed by atoms with Gasteiger partial charge in [0.15, 0.2) is 0 Å². The highest BCUT2D eigenvalue weighted by molar-refractivity contribution is 7.98. The molecule has 1 atom stereocenters. The number of anilines is 1. The molecule has 0 radical (unpaired) electrons. The summed E-state index contributed by atoms with van der Waals surface area (Å²) in [5.74, 6) is 0.953. The number of nitrogens with zero attached hydrogens (tertiary/aromatic N) is 3. The first-order valence-electron chi connectivity index (χ1n) is 5.95. The Morgan fingerprint density at radius 3 is 2.74 bits per heavy atom. The van der Waals surface area contributed by atoms with Crippen LogP contribution in [-0.4, -0.2) is 30.0 Å². The van der Waals surface area contributed by atoms with E-state index in [1.807, 2.05) is 24.3 Å². The van der Waals surface area contributed by atoms with E-state index in [-0.39, 0.29) is 5.69 Å². The third kappa shape index (κ3) is 3.61. The van der Waals surface area contributed by atoms with Gasteiger partial charge >= 0.3 is 0 Å². The monoisotopic (exact) mass is 279 g/mol. The SMILES string of the molecule is CCC(CSC)N(C)c1ccc([N+](=O)[O-])cc1C#N. The number of nitriles is 1. The number of nitro groups is 1. The van der Waals surface area contributed by atoms with E-state index in [9.17, 15) is 10.1 Å². The molecule has 1 unspecified atom stereocenters. The third-order valence-corrected chi connectivity index (χ3v) is 3.79. The molecule has 0 spiro atoms. The van der Waals surface area contributed by atoms with Crippen LogP contribution in [0.1, 0.15) is 18.9 Å². The lowest BCUT2D eigenvalue weighted by Gasteiger charge is -2.29. The van der Waals surface area contributed by atoms with Crippen molar-refractivity contribution in [2.75, 3.05) is 24.0 Å². The molecule has 0 bridgehead atoms. The summed E-state index contributed by atoms with van der Waals surface area (Å²) in [6, 6.07) is 6.78. The van der Waals surface area contributed by atoms with Gasteiger partial charge in [0.25, 0.3) is 5.69 Å². The summed E-state index contributed by atoms with van der Waals surface area (Å²) in [6.07, 6.45) is 3.00. The average molecular weight is 279 g/mol. The maximum atomic E-state index is 10.7. The van der Waals surface area contributed by atoms with Crippen LogP contribution in [0.25, 0.3) is 0 Å². The van der Waals surface area contributed by atoms with E-state index in [0.717, 1.165) is 17.9 Å². The fourth-order valence-electron chi connectivity index (χ4n) is 1.93. The summed E-state index contributed by atoms with van der Waals surface area (Å²) >= 11 is 1.75. The molecule has 0 aromatic heterocycles. The van der Waals surface area contributed by atoms with Crippen LogP contribution in [0.15, 0.2) is 18.2 Å². The highest BCUT2D eigenvalue weighted by atomic mass is 32.2. The summed E-state index contributed by atoms with van der Waals surface area (Å²) in [5.41, 5.74) is 1.04. The van der Waals surface area contributed by atoms with Gasteiger partial charge in [0, 0.05) is 31.0 Å². The minimum atomic E-state index is -0.482. The van der Waals surface area contributed by atoms with Gasteiger partial charge in [0.05, 0.1) is 16.2 Å². The van der Waals surface area contributed by atoms with E-state index >= 15 is 0 Å². The minimum Gasteiger partial charge on any atom is -0.370 e. The van der Waals surface area contributed by atoms with Crippen LogP contribution in [0.4, 0.5) is 11.4 Å². The highest BCUT2D eigenvalue weighted by Gasteiger charge is 2.18. The topological polar surface area (TPSA) is 70.2 Å². The van der Waals surface area contributed by atoms with Gasteiger partial charge in [0.1, 0.15) is 6.07 Å². The molecule has 19 heavy (non-hydrogen) atoms. The number of rotatable bonds is 6. The molecule has 0 saturated carbocycles. The Balaban J connectivity index is 3.12. The van der Waals surface area contributed by atoms with Crippen molar-refractivity contribution in [3.63, 3.8) is 0 Å². The molecule has 0 fully saturated rings. The van der Waals surface area contributed by atoms with Gasteiger partial charge < -0.3 is 4.90 Å². The summed E-state index contributed by atoms with van der Waals surface area (Å²) < 4.78 is 0. The number of thioether (sulfide) groups is 1. The van der Waals surface area contributed by atoms with Crippen LogP contribution < -0.4 is 4.90 Å². The zero-order valence-electron chi connectivity index (χ0n) is 11.3. The first-order valence-corrected chi connectivity index (χ1v) is 7.34. The molecule has 6 heteroatoms. The van der Waals surface area contributed by atoms with Gasteiger partial charge in [-0.1, -0.05) is 6.92 Å². The standard InChI is InChI=1S/C13H17N3O2S/c1-4-11(9-19-3)15(2)13-6-5-12(16(17)18)7-10(13)8-14/h5-7,11H,4,9H2,1-3H3. The molecule has 0 aliphatic heterocycles. The molecular formula is C13H17N3O2S. The molecule has 1 aromatic rings. The van der Waals surface area contributed by atoms with Crippen molar-refractivity contribution < 1.29 is 4.92 Å². The van der Waals surface area contributed by atoms with Crippen LogP contribution in [0.5, 0.6) is 0 Å². The van der Waals surface area contributed by atoms with Gasteiger partial charge in [-0.3, -0.25) is 10.1 Å². The number of non-ortho nitro benzene ring substituents is 1. The normalized spacial score (nSPS) is 11.7. The second kappa shape index (κ2) is 7.00. The molecule has 0 heterocycles. The predicted molar refractivity (Wildman–Crippen MR) is 78.7 cm³/mol. The molecule has 0 aliphatic carbocycles. The fourth-order valence-corrected chi connectivity index (χ4v) is 2.77. The molecule has 0 amide bonds. The number of hydrogen-bond acceptors (Lipinski definition) is 5. The van der Waals surface area contributed by atoms with Crippen molar-refractivity contribution in [3.05, 3.63) is 33.9 Å². The summed E-state index contributed by atoms with van der Waals surface area (Å²) in [6.45, 7) is 2.09. The third-order valence-electron chi connectivity index (χ3n) is 3.07. The van der Waals surface area contributed by atoms with E-state index < -0.39 is 4.92 Å². The van der Waals surface area contributed by atoms with E-state index in [1.54, 1.807) is 17.8 Å². The molecule has 102 valence electrons. The molecular weight excluding hydrogens is 262 g/mol. The first-order chi connectivity index (χ1) is 9.04. The Hall–Kier alpha value is -1.74. The Morgan fingerprint density at radius 2 is 2.26 bits per heavy atom. The molecule has 5 nitrogen and oxygen atoms in total. The lowest BCUT2D eigenvalue weighted by molar-refractivity contribution is -0.384. The summed E-state index contributed by atoms with van der Waals surface area (Å²) in [7, 11) is 1.92. The van der Waals surface area contributed by atoms with E-state index in [4.69, 9.17) is 5.26 Å². The minimum absolute atomic E-state index is 0.0494. The molecule has 1 rings (SSSR count). The van der Waals surface area contributed by atoms with Gasteiger partial charge in [-0.05, 0) is 18.7 Å². The fraction of sp³-hybridized carbons (Fsp3) is 0.462. The highest BCUT2D eigenvalue weighted by Crippen LogP contribution is 2.26. The van der Waals surface area contributed by atoms with Crippen molar-refractivity contribution in [1.29, 1.82) is 5.26 Å². The van der Waals surface area contributed by atoms with Gasteiger partial charge in [-0.15, -0.1) is 0 Å². The summed E-state index contributed by atoms with van der Waals surface area (Å²) in [5, 5.41) is 19.9. The lowest BCUT2D eigenvalue weighted by Crippen LogP contribution is -2.33. The predicted octanol–water partition coefficient (Wildman–Crippen LogP) is 3.04. The Kier molecular flexibility index (Phi) is 5.64. The zero-order chi connectivity index (χ0) is 14.4. The molecule has 0 N–H and O–H groups in total. The van der Waals surface area contributed by atoms with Crippen molar-refractivity contribution >= 4 is 23.1 Å². The van der Waals surface area contributed by atoms with Crippen molar-refractivity contribution in [1.82, 2.24) is 0 Å².